The number of aromatic nitrogens is 2. The molecule has 1 heterocycles. The second-order valence-electron chi connectivity index (χ2n) is 7.67. The summed E-state index contributed by atoms with van der Waals surface area (Å²) in [5.41, 5.74) is 2.50. The summed E-state index contributed by atoms with van der Waals surface area (Å²) in [6.07, 6.45) is 0. The van der Waals surface area contributed by atoms with Crippen molar-refractivity contribution < 1.29 is 9.59 Å². The van der Waals surface area contributed by atoms with Crippen LogP contribution in [-0.2, 0) is 11.3 Å². The maximum Gasteiger partial charge on any atom is 0.262 e. The molecule has 0 bridgehead atoms. The molecule has 4 aromatic rings. The number of Topliss-reactive ketones (excluding diaryl/α,β-unsaturated/α-hetero) is 1. The van der Waals surface area contributed by atoms with Gasteiger partial charge in [0.25, 0.3) is 5.56 Å². The van der Waals surface area contributed by atoms with E-state index >= 15 is 0 Å². The van der Waals surface area contributed by atoms with E-state index in [1.54, 1.807) is 47.9 Å². The number of nitrogens with one attached hydrogen (secondary N) is 1. The van der Waals surface area contributed by atoms with Crippen LogP contribution in [0.3, 0.4) is 0 Å². The number of hydrogen-bond donors (Lipinski definition) is 1. The average molecular weight is 458 g/mol. The topological polar surface area (TPSA) is 81.1 Å². The molecule has 1 aromatic heterocycles. The highest BCUT2D eigenvalue weighted by Gasteiger charge is 2.20. The van der Waals surface area contributed by atoms with Crippen molar-refractivity contribution in [2.24, 2.45) is 0 Å². The number of carbonyl (C=O) groups is 2. The van der Waals surface area contributed by atoms with E-state index in [1.807, 2.05) is 42.5 Å². The molecule has 0 aliphatic carbocycles. The van der Waals surface area contributed by atoms with Gasteiger partial charge >= 0.3 is 0 Å². The maximum absolute atomic E-state index is 13.3. The molecule has 1 amide bonds. The summed E-state index contributed by atoms with van der Waals surface area (Å²) >= 11 is 1.23. The standard InChI is InChI=1S/C26H23N3O3S/c1-17(30)20-11-8-12-21(15-20)27-24(31)18(2)33-26-28-23-14-7-6-13-22(23)25(32)29(26)16-19-9-4-3-5-10-19/h3-15,18H,16H2,1-2H3,(H,27,31)/t18-/m0/s1. The van der Waals surface area contributed by atoms with Gasteiger partial charge in [0.2, 0.25) is 5.91 Å². The number of amides is 1. The number of rotatable bonds is 7. The fourth-order valence-corrected chi connectivity index (χ4v) is 4.32. The second kappa shape index (κ2) is 9.83. The number of anilines is 1. The summed E-state index contributed by atoms with van der Waals surface area (Å²) in [5, 5.41) is 3.34. The van der Waals surface area contributed by atoms with Crippen molar-refractivity contribution in [1.82, 2.24) is 9.55 Å². The summed E-state index contributed by atoms with van der Waals surface area (Å²) in [6, 6.07) is 23.7. The zero-order chi connectivity index (χ0) is 23.4. The van der Waals surface area contributed by atoms with Gasteiger partial charge in [0.15, 0.2) is 10.9 Å². The summed E-state index contributed by atoms with van der Waals surface area (Å²) in [7, 11) is 0. The first-order valence-electron chi connectivity index (χ1n) is 10.5. The van der Waals surface area contributed by atoms with Crippen LogP contribution in [0.5, 0.6) is 0 Å². The van der Waals surface area contributed by atoms with E-state index in [-0.39, 0.29) is 17.2 Å². The van der Waals surface area contributed by atoms with E-state index in [2.05, 4.69) is 5.32 Å². The average Bonchev–Trinajstić information content (AvgIpc) is 2.82. The van der Waals surface area contributed by atoms with E-state index in [4.69, 9.17) is 4.98 Å². The molecule has 0 fully saturated rings. The molecular formula is C26H23N3O3S. The Bertz CT molecular complexity index is 1380. The van der Waals surface area contributed by atoms with Gasteiger partial charge in [-0.3, -0.25) is 19.0 Å². The van der Waals surface area contributed by atoms with Crippen molar-refractivity contribution in [2.45, 2.75) is 30.8 Å². The van der Waals surface area contributed by atoms with Gasteiger partial charge in [-0.2, -0.15) is 0 Å². The number of benzene rings is 3. The zero-order valence-electron chi connectivity index (χ0n) is 18.3. The Balaban J connectivity index is 1.63. The van der Waals surface area contributed by atoms with Gasteiger partial charge in [0.1, 0.15) is 0 Å². The lowest BCUT2D eigenvalue weighted by Crippen LogP contribution is -2.27. The fraction of sp³-hybridized carbons (Fsp3) is 0.154. The lowest BCUT2D eigenvalue weighted by atomic mass is 10.1. The molecule has 0 spiro atoms. The molecule has 0 saturated heterocycles. The maximum atomic E-state index is 13.3. The molecule has 1 N–H and O–H groups in total. The minimum Gasteiger partial charge on any atom is -0.325 e. The first kappa shape index (κ1) is 22.5. The van der Waals surface area contributed by atoms with E-state index in [0.717, 1.165) is 5.56 Å². The van der Waals surface area contributed by atoms with Gasteiger partial charge in [-0.15, -0.1) is 0 Å². The first-order valence-corrected chi connectivity index (χ1v) is 11.4. The third kappa shape index (κ3) is 5.21. The SMILES string of the molecule is CC(=O)c1cccc(NC(=O)[C@H](C)Sc2nc3ccccc3c(=O)n2Cc2ccccc2)c1. The molecular weight excluding hydrogens is 434 g/mol. The normalized spacial score (nSPS) is 11.8. The van der Waals surface area contributed by atoms with Gasteiger partial charge in [0.05, 0.1) is 22.7 Å². The van der Waals surface area contributed by atoms with Crippen molar-refractivity contribution in [1.29, 1.82) is 0 Å². The Kier molecular flexibility index (Phi) is 6.70. The third-order valence-corrected chi connectivity index (χ3v) is 6.29. The zero-order valence-corrected chi connectivity index (χ0v) is 19.1. The lowest BCUT2D eigenvalue weighted by Gasteiger charge is -2.17. The number of fused-ring (bicyclic) bond motifs is 1. The Labute approximate surface area is 195 Å². The lowest BCUT2D eigenvalue weighted by molar-refractivity contribution is -0.115. The Morgan fingerprint density at radius 2 is 1.73 bits per heavy atom. The molecule has 166 valence electrons. The Morgan fingerprint density at radius 3 is 2.48 bits per heavy atom. The number of thioether (sulfide) groups is 1. The van der Waals surface area contributed by atoms with Crippen LogP contribution in [0.25, 0.3) is 10.9 Å². The molecule has 0 unspecified atom stereocenters. The molecule has 3 aromatic carbocycles. The number of hydrogen-bond acceptors (Lipinski definition) is 5. The van der Waals surface area contributed by atoms with Crippen LogP contribution in [0.4, 0.5) is 5.69 Å². The van der Waals surface area contributed by atoms with E-state index in [0.29, 0.717) is 33.9 Å². The largest absolute Gasteiger partial charge is 0.325 e. The molecule has 0 aliphatic rings. The summed E-state index contributed by atoms with van der Waals surface area (Å²) in [5.74, 6) is -0.312. The minimum absolute atomic E-state index is 0.0705. The summed E-state index contributed by atoms with van der Waals surface area (Å²) in [6.45, 7) is 3.61. The molecule has 0 saturated carbocycles. The molecule has 4 rings (SSSR count). The predicted octanol–water partition coefficient (Wildman–Crippen LogP) is 4.77. The molecule has 0 radical (unpaired) electrons. The highest BCUT2D eigenvalue weighted by atomic mass is 32.2. The van der Waals surface area contributed by atoms with Gasteiger partial charge in [0, 0.05) is 11.3 Å². The van der Waals surface area contributed by atoms with Gasteiger partial charge in [-0.1, -0.05) is 66.4 Å². The van der Waals surface area contributed by atoms with Crippen LogP contribution >= 0.6 is 11.8 Å². The van der Waals surface area contributed by atoms with Crippen molar-refractivity contribution in [3.05, 3.63) is 100 Å². The predicted molar refractivity (Wildman–Crippen MR) is 132 cm³/mol. The van der Waals surface area contributed by atoms with Gasteiger partial charge in [-0.25, -0.2) is 4.98 Å². The van der Waals surface area contributed by atoms with Crippen LogP contribution in [0.2, 0.25) is 0 Å². The first-order chi connectivity index (χ1) is 15.9. The second-order valence-corrected chi connectivity index (χ2v) is 8.98. The van der Waals surface area contributed by atoms with Gasteiger partial charge < -0.3 is 5.32 Å². The Hall–Kier alpha value is -3.71. The minimum atomic E-state index is -0.527. The molecule has 1 atom stereocenters. The fourth-order valence-electron chi connectivity index (χ4n) is 3.41. The van der Waals surface area contributed by atoms with Crippen LogP contribution in [0.1, 0.15) is 29.8 Å². The number of carbonyl (C=O) groups excluding carboxylic acids is 2. The number of para-hydroxylation sites is 1. The molecule has 7 heteroatoms. The van der Waals surface area contributed by atoms with E-state index in [9.17, 15) is 14.4 Å². The molecule has 33 heavy (non-hydrogen) atoms. The van der Waals surface area contributed by atoms with Crippen LogP contribution < -0.4 is 10.9 Å². The van der Waals surface area contributed by atoms with Gasteiger partial charge in [-0.05, 0) is 43.7 Å². The third-order valence-electron chi connectivity index (χ3n) is 5.20. The van der Waals surface area contributed by atoms with Crippen LogP contribution in [0, 0.1) is 0 Å². The number of nitrogens with zero attached hydrogens (tertiary/aromatic N) is 2. The van der Waals surface area contributed by atoms with Crippen LogP contribution in [0.15, 0.2) is 88.8 Å². The summed E-state index contributed by atoms with van der Waals surface area (Å²) in [4.78, 5) is 42.5. The Morgan fingerprint density at radius 1 is 1.00 bits per heavy atom. The highest BCUT2D eigenvalue weighted by molar-refractivity contribution is 8.00. The number of ketones is 1. The van der Waals surface area contributed by atoms with Crippen molar-refractivity contribution in [3.63, 3.8) is 0 Å². The van der Waals surface area contributed by atoms with Crippen molar-refractivity contribution in [2.75, 3.05) is 5.32 Å². The molecule has 0 aliphatic heterocycles. The molecule has 6 nitrogen and oxygen atoms in total. The highest BCUT2D eigenvalue weighted by Crippen LogP contribution is 2.24. The van der Waals surface area contributed by atoms with Crippen molar-refractivity contribution >= 4 is 40.0 Å². The van der Waals surface area contributed by atoms with E-state index < -0.39 is 5.25 Å². The van der Waals surface area contributed by atoms with Crippen molar-refractivity contribution in [3.8, 4) is 0 Å². The quantitative estimate of drug-likeness (QED) is 0.246. The smallest absolute Gasteiger partial charge is 0.262 e. The monoisotopic (exact) mass is 457 g/mol. The summed E-state index contributed by atoms with van der Waals surface area (Å²) < 4.78 is 1.61. The van der Waals surface area contributed by atoms with E-state index in [1.165, 1.54) is 18.7 Å². The van der Waals surface area contributed by atoms with Crippen LogP contribution in [-0.4, -0.2) is 26.5 Å².